The van der Waals surface area contributed by atoms with Crippen molar-refractivity contribution in [3.63, 3.8) is 0 Å². The molecule has 3 rings (SSSR count). The lowest BCUT2D eigenvalue weighted by Crippen LogP contribution is -2.29. The Morgan fingerprint density at radius 2 is 2.15 bits per heavy atom. The Morgan fingerprint density at radius 1 is 1.35 bits per heavy atom. The summed E-state index contributed by atoms with van der Waals surface area (Å²) in [5.41, 5.74) is 4.52. The molecule has 26 heavy (non-hydrogen) atoms. The van der Waals surface area contributed by atoms with E-state index in [-0.39, 0.29) is 11.9 Å². The largest absolute Gasteiger partial charge is 0.342 e. The second-order valence-electron chi connectivity index (χ2n) is 6.43. The molecule has 0 aliphatic rings. The molecular weight excluding hydrogens is 328 g/mol. The van der Waals surface area contributed by atoms with Gasteiger partial charge in [-0.2, -0.15) is 10.2 Å². The quantitative estimate of drug-likeness (QED) is 0.713. The van der Waals surface area contributed by atoms with E-state index < -0.39 is 0 Å². The van der Waals surface area contributed by atoms with Gasteiger partial charge in [0.05, 0.1) is 11.7 Å². The summed E-state index contributed by atoms with van der Waals surface area (Å²) in [6, 6.07) is 7.36. The van der Waals surface area contributed by atoms with Crippen LogP contribution in [0.15, 0.2) is 30.6 Å². The van der Waals surface area contributed by atoms with Gasteiger partial charge in [-0.15, -0.1) is 0 Å². The minimum absolute atomic E-state index is 0.135. The van der Waals surface area contributed by atoms with Crippen molar-refractivity contribution in [1.29, 1.82) is 0 Å². The molecule has 1 aromatic carbocycles. The number of hydrogen-bond acceptors (Lipinski definition) is 4. The third-order valence-electron chi connectivity index (χ3n) is 4.36. The summed E-state index contributed by atoms with van der Waals surface area (Å²) in [5.74, 6) is 0.627. The zero-order valence-electron chi connectivity index (χ0n) is 15.6. The number of aromatic amines is 1. The molecule has 0 aliphatic heterocycles. The predicted molar refractivity (Wildman–Crippen MR) is 99.7 cm³/mol. The molecule has 2 heterocycles. The summed E-state index contributed by atoms with van der Waals surface area (Å²) in [7, 11) is 0. The molecule has 3 aromatic rings. The van der Waals surface area contributed by atoms with Gasteiger partial charge in [-0.3, -0.25) is 9.89 Å². The van der Waals surface area contributed by atoms with Crippen LogP contribution in [0, 0.1) is 13.8 Å². The summed E-state index contributed by atoms with van der Waals surface area (Å²) in [6.07, 6.45) is 2.49. The van der Waals surface area contributed by atoms with E-state index in [1.54, 1.807) is 0 Å². The molecule has 1 amide bonds. The number of aryl methyl sites for hydroxylation is 3. The first-order valence-corrected chi connectivity index (χ1v) is 8.81. The van der Waals surface area contributed by atoms with Crippen molar-refractivity contribution >= 4 is 5.91 Å². The van der Waals surface area contributed by atoms with Crippen LogP contribution in [0.25, 0.3) is 11.1 Å². The van der Waals surface area contributed by atoms with Gasteiger partial charge in [-0.05, 0) is 44.9 Å². The lowest BCUT2D eigenvalue weighted by atomic mass is 10.0. The van der Waals surface area contributed by atoms with Gasteiger partial charge in [-0.1, -0.05) is 19.1 Å². The van der Waals surface area contributed by atoms with Crippen LogP contribution in [0.5, 0.6) is 0 Å². The summed E-state index contributed by atoms with van der Waals surface area (Å²) < 4.78 is 1.83. The molecule has 0 radical (unpaired) electrons. The fraction of sp³-hybridized carbons (Fsp3) is 0.368. The Labute approximate surface area is 152 Å². The molecule has 0 saturated carbocycles. The summed E-state index contributed by atoms with van der Waals surface area (Å²) >= 11 is 0. The monoisotopic (exact) mass is 352 g/mol. The number of carbonyl (C=O) groups excluding carboxylic acids is 1. The molecule has 2 aromatic heterocycles. The summed E-state index contributed by atoms with van der Waals surface area (Å²) in [5, 5.41) is 14.4. The first-order chi connectivity index (χ1) is 12.5. The van der Waals surface area contributed by atoms with E-state index in [0.29, 0.717) is 5.56 Å². The van der Waals surface area contributed by atoms with E-state index in [9.17, 15) is 4.79 Å². The van der Waals surface area contributed by atoms with E-state index in [1.165, 1.54) is 6.33 Å². The van der Waals surface area contributed by atoms with Crippen LogP contribution in [0.2, 0.25) is 0 Å². The molecule has 0 bridgehead atoms. The highest BCUT2D eigenvalue weighted by molar-refractivity contribution is 5.95. The summed E-state index contributed by atoms with van der Waals surface area (Å²) in [4.78, 5) is 17.0. The third-order valence-corrected chi connectivity index (χ3v) is 4.36. The predicted octanol–water partition coefficient (Wildman–Crippen LogP) is 3.19. The second kappa shape index (κ2) is 7.51. The number of nitrogens with one attached hydrogen (secondary N) is 2. The molecule has 7 nitrogen and oxygen atoms in total. The van der Waals surface area contributed by atoms with Crippen molar-refractivity contribution in [1.82, 2.24) is 30.3 Å². The number of amides is 1. The second-order valence-corrected chi connectivity index (χ2v) is 6.43. The zero-order chi connectivity index (χ0) is 18.7. The minimum atomic E-state index is -0.224. The van der Waals surface area contributed by atoms with Gasteiger partial charge in [0.15, 0.2) is 0 Å². The Kier molecular flexibility index (Phi) is 5.16. The number of benzene rings is 1. The number of aromatic nitrogens is 5. The van der Waals surface area contributed by atoms with Crippen molar-refractivity contribution < 1.29 is 4.79 Å². The van der Waals surface area contributed by atoms with Crippen molar-refractivity contribution in [3.05, 3.63) is 53.4 Å². The number of hydrogen-bond donors (Lipinski definition) is 2. The first-order valence-electron chi connectivity index (χ1n) is 8.81. The van der Waals surface area contributed by atoms with E-state index in [1.807, 2.05) is 49.7 Å². The van der Waals surface area contributed by atoms with Crippen LogP contribution < -0.4 is 5.32 Å². The van der Waals surface area contributed by atoms with E-state index >= 15 is 0 Å². The van der Waals surface area contributed by atoms with Crippen LogP contribution in [0.3, 0.4) is 0 Å². The topological polar surface area (TPSA) is 88.5 Å². The van der Waals surface area contributed by atoms with Gasteiger partial charge in [0.25, 0.3) is 5.91 Å². The van der Waals surface area contributed by atoms with Crippen molar-refractivity contribution in [3.8, 4) is 11.1 Å². The van der Waals surface area contributed by atoms with Gasteiger partial charge >= 0.3 is 0 Å². The van der Waals surface area contributed by atoms with Gasteiger partial charge in [0.2, 0.25) is 0 Å². The van der Waals surface area contributed by atoms with Crippen LogP contribution in [-0.2, 0) is 6.54 Å². The standard InChI is InChI=1S/C19H24N6O/c1-5-9-25-18(20-11-21-25)14(4)22-19(26)16-8-6-7-15(10-16)17-12(2)23-24-13(17)3/h6-8,10-11,14H,5,9H2,1-4H3,(H,22,26)(H,23,24)/t14-/m1/s1. The molecule has 136 valence electrons. The van der Waals surface area contributed by atoms with Crippen molar-refractivity contribution in [2.75, 3.05) is 0 Å². The molecule has 0 aliphatic carbocycles. The van der Waals surface area contributed by atoms with Gasteiger partial charge in [-0.25, -0.2) is 9.67 Å². The smallest absolute Gasteiger partial charge is 0.251 e. The van der Waals surface area contributed by atoms with Crippen LogP contribution in [0.1, 0.15) is 53.9 Å². The zero-order valence-corrected chi connectivity index (χ0v) is 15.6. The highest BCUT2D eigenvalue weighted by Gasteiger charge is 2.17. The Bertz CT molecular complexity index is 891. The van der Waals surface area contributed by atoms with Gasteiger partial charge in [0.1, 0.15) is 12.2 Å². The average Bonchev–Trinajstić information content (AvgIpc) is 3.22. The Morgan fingerprint density at radius 3 is 2.85 bits per heavy atom. The third kappa shape index (κ3) is 3.51. The Hall–Kier alpha value is -2.96. The molecule has 0 spiro atoms. The first kappa shape index (κ1) is 17.8. The summed E-state index contributed by atoms with van der Waals surface area (Å²) in [6.45, 7) is 8.71. The maximum atomic E-state index is 12.7. The molecule has 1 atom stereocenters. The minimum Gasteiger partial charge on any atom is -0.342 e. The SMILES string of the molecule is CCCn1ncnc1[C@@H](C)NC(=O)c1cccc(-c2c(C)n[nH]c2C)c1. The lowest BCUT2D eigenvalue weighted by molar-refractivity contribution is 0.0937. The molecule has 2 N–H and O–H groups in total. The normalized spacial score (nSPS) is 12.2. The lowest BCUT2D eigenvalue weighted by Gasteiger charge is -2.15. The van der Waals surface area contributed by atoms with Crippen LogP contribution >= 0.6 is 0 Å². The highest BCUT2D eigenvalue weighted by atomic mass is 16.1. The number of H-pyrrole nitrogens is 1. The van der Waals surface area contributed by atoms with Crippen LogP contribution in [-0.4, -0.2) is 30.9 Å². The van der Waals surface area contributed by atoms with Crippen molar-refractivity contribution in [2.45, 2.75) is 46.7 Å². The van der Waals surface area contributed by atoms with E-state index in [2.05, 4.69) is 32.5 Å². The van der Waals surface area contributed by atoms with Crippen molar-refractivity contribution in [2.24, 2.45) is 0 Å². The average molecular weight is 352 g/mol. The fourth-order valence-corrected chi connectivity index (χ4v) is 3.13. The van der Waals surface area contributed by atoms with E-state index in [0.717, 1.165) is 41.3 Å². The van der Waals surface area contributed by atoms with E-state index in [4.69, 9.17) is 0 Å². The number of nitrogens with zero attached hydrogens (tertiary/aromatic N) is 4. The number of rotatable bonds is 6. The fourth-order valence-electron chi connectivity index (χ4n) is 3.13. The molecule has 7 heteroatoms. The maximum Gasteiger partial charge on any atom is 0.251 e. The van der Waals surface area contributed by atoms with Gasteiger partial charge in [0, 0.05) is 23.4 Å². The molecular formula is C19H24N6O. The van der Waals surface area contributed by atoms with Gasteiger partial charge < -0.3 is 5.32 Å². The molecule has 0 saturated heterocycles. The Balaban J connectivity index is 1.80. The van der Waals surface area contributed by atoms with Crippen LogP contribution in [0.4, 0.5) is 0 Å². The molecule has 0 unspecified atom stereocenters. The maximum absolute atomic E-state index is 12.7. The highest BCUT2D eigenvalue weighted by Crippen LogP contribution is 2.26. The number of carbonyl (C=O) groups is 1. The molecule has 0 fully saturated rings.